The molecule has 0 saturated heterocycles. The number of carbonyl (C=O) groups excluding carboxylic acids is 4. The third-order valence-electron chi connectivity index (χ3n) is 5.22. The zero-order valence-corrected chi connectivity index (χ0v) is 19.7. The van der Waals surface area contributed by atoms with Crippen LogP contribution in [0.4, 0.5) is 22.7 Å². The Hall–Kier alpha value is -5.25. The van der Waals surface area contributed by atoms with Crippen LogP contribution in [0.3, 0.4) is 0 Å². The minimum Gasteiger partial charge on any atom is -0.211 e. The summed E-state index contributed by atoms with van der Waals surface area (Å²) in [7, 11) is 0. The van der Waals surface area contributed by atoms with E-state index < -0.39 is 0 Å². The van der Waals surface area contributed by atoms with Crippen molar-refractivity contribution in [2.75, 3.05) is 0 Å². The molecule has 0 aliphatic carbocycles. The quantitative estimate of drug-likeness (QED) is 0.189. The van der Waals surface area contributed by atoms with E-state index in [0.717, 1.165) is 9.79 Å². The van der Waals surface area contributed by atoms with Gasteiger partial charge in [-0.1, -0.05) is 48.2 Å². The number of rotatable bonds is 8. The van der Waals surface area contributed by atoms with Crippen molar-refractivity contribution < 1.29 is 19.2 Å². The van der Waals surface area contributed by atoms with Crippen LogP contribution in [0.2, 0.25) is 0 Å². The van der Waals surface area contributed by atoms with Gasteiger partial charge in [0, 0.05) is 20.9 Å². The molecule has 0 amide bonds. The summed E-state index contributed by atoms with van der Waals surface area (Å²) in [6, 6.07) is 24.3. The van der Waals surface area contributed by atoms with E-state index in [4.69, 9.17) is 0 Å². The number of aliphatic imine (C=N–C) groups is 4. The Balaban J connectivity index is 1.94. The van der Waals surface area contributed by atoms with Gasteiger partial charge in [0.05, 0.1) is 22.7 Å². The van der Waals surface area contributed by atoms with Gasteiger partial charge in [-0.15, -0.1) is 0 Å². The lowest BCUT2D eigenvalue weighted by molar-refractivity contribution is 0.564. The lowest BCUT2D eigenvalue weighted by Gasteiger charge is -2.15. The highest BCUT2D eigenvalue weighted by molar-refractivity contribution is 7.99. The summed E-state index contributed by atoms with van der Waals surface area (Å²) >= 11 is 1.38. The predicted octanol–water partition coefficient (Wildman–Crippen LogP) is 7.04. The lowest BCUT2D eigenvalue weighted by atomic mass is 10.0. The first kappa shape index (κ1) is 24.9. The molecule has 0 fully saturated rings. The van der Waals surface area contributed by atoms with Gasteiger partial charge in [0.15, 0.2) is 0 Å². The summed E-state index contributed by atoms with van der Waals surface area (Å²) in [5.74, 6) is 0. The van der Waals surface area contributed by atoms with Crippen LogP contribution in [0.5, 0.6) is 0 Å². The first-order chi connectivity index (χ1) is 18.2. The first-order valence-corrected chi connectivity index (χ1v) is 11.5. The molecule has 0 radical (unpaired) electrons. The molecule has 0 spiro atoms. The van der Waals surface area contributed by atoms with E-state index in [9.17, 15) is 19.2 Å². The Morgan fingerprint density at radius 2 is 0.865 bits per heavy atom. The number of nitrogens with zero attached hydrogens (tertiary/aromatic N) is 4. The molecule has 9 heteroatoms. The van der Waals surface area contributed by atoms with E-state index in [2.05, 4.69) is 20.0 Å². The Morgan fingerprint density at radius 1 is 0.459 bits per heavy atom. The monoisotopic (exact) mass is 502 g/mol. The van der Waals surface area contributed by atoms with Crippen molar-refractivity contribution in [3.05, 3.63) is 84.9 Å². The van der Waals surface area contributed by atoms with Crippen LogP contribution in [0.25, 0.3) is 22.3 Å². The maximum atomic E-state index is 11.0. The smallest absolute Gasteiger partial charge is 0.211 e. The fourth-order valence-corrected chi connectivity index (χ4v) is 4.76. The molecular weight excluding hydrogens is 488 g/mol. The van der Waals surface area contributed by atoms with E-state index in [1.165, 1.54) is 23.9 Å². The normalized spacial score (nSPS) is 9.73. The zero-order valence-electron chi connectivity index (χ0n) is 18.9. The van der Waals surface area contributed by atoms with Crippen LogP contribution < -0.4 is 0 Å². The Morgan fingerprint density at radius 3 is 1.27 bits per heavy atom. The molecule has 4 aromatic rings. The second-order valence-electron chi connectivity index (χ2n) is 7.31. The molecule has 0 N–H and O–H groups in total. The van der Waals surface area contributed by atoms with Gasteiger partial charge < -0.3 is 0 Å². The van der Waals surface area contributed by atoms with Crippen LogP contribution in [0.15, 0.2) is 115 Å². The van der Waals surface area contributed by atoms with E-state index in [1.807, 2.05) is 0 Å². The summed E-state index contributed by atoms with van der Waals surface area (Å²) in [5.41, 5.74) is 4.13. The summed E-state index contributed by atoms with van der Waals surface area (Å²) in [5, 5.41) is 0. The molecule has 0 heterocycles. The largest absolute Gasteiger partial charge is 0.240 e. The third kappa shape index (κ3) is 5.70. The van der Waals surface area contributed by atoms with Crippen molar-refractivity contribution in [2.45, 2.75) is 9.79 Å². The number of isocyanates is 4. The maximum absolute atomic E-state index is 11.0. The second kappa shape index (κ2) is 11.9. The van der Waals surface area contributed by atoms with Gasteiger partial charge >= 0.3 is 0 Å². The van der Waals surface area contributed by atoms with Crippen LogP contribution in [0.1, 0.15) is 0 Å². The van der Waals surface area contributed by atoms with Crippen molar-refractivity contribution in [3.63, 3.8) is 0 Å². The van der Waals surface area contributed by atoms with Crippen molar-refractivity contribution in [1.82, 2.24) is 0 Å². The molecule has 0 atom stereocenters. The van der Waals surface area contributed by atoms with Gasteiger partial charge in [-0.3, -0.25) is 0 Å². The minimum absolute atomic E-state index is 0.376. The molecule has 176 valence electrons. The van der Waals surface area contributed by atoms with E-state index in [0.29, 0.717) is 45.0 Å². The Labute approximate surface area is 214 Å². The summed E-state index contributed by atoms with van der Waals surface area (Å²) in [6.45, 7) is 0. The number of benzene rings is 4. The Kier molecular flexibility index (Phi) is 8.02. The van der Waals surface area contributed by atoms with E-state index >= 15 is 0 Å². The molecule has 4 rings (SSSR count). The third-order valence-corrected chi connectivity index (χ3v) is 6.37. The van der Waals surface area contributed by atoms with Crippen LogP contribution in [-0.2, 0) is 19.2 Å². The van der Waals surface area contributed by atoms with Gasteiger partial charge in [-0.25, -0.2) is 19.2 Å². The molecule has 8 nitrogen and oxygen atoms in total. The SMILES string of the molecule is O=C=Nc1ccc(Sc2ccc(N=C=O)cc2-c2ccccc2N=C=O)c(-c2ccccc2N=C=O)c1. The van der Waals surface area contributed by atoms with Gasteiger partial charge in [0.25, 0.3) is 0 Å². The second-order valence-corrected chi connectivity index (χ2v) is 8.39. The zero-order chi connectivity index (χ0) is 26.0. The van der Waals surface area contributed by atoms with Gasteiger partial charge in [-0.05, 0) is 59.7 Å². The average molecular weight is 503 g/mol. The molecule has 0 saturated carbocycles. The number of hydrogen-bond donors (Lipinski definition) is 0. The molecule has 0 aliphatic heterocycles. The van der Waals surface area contributed by atoms with Crippen molar-refractivity contribution in [1.29, 1.82) is 0 Å². The van der Waals surface area contributed by atoms with Gasteiger partial charge in [0.1, 0.15) is 0 Å². The highest BCUT2D eigenvalue weighted by Crippen LogP contribution is 2.46. The molecule has 0 aliphatic rings. The number of hydrogen-bond acceptors (Lipinski definition) is 9. The van der Waals surface area contributed by atoms with Crippen molar-refractivity contribution >= 4 is 58.8 Å². The van der Waals surface area contributed by atoms with E-state index in [-0.39, 0.29) is 0 Å². The molecule has 0 bridgehead atoms. The first-order valence-electron chi connectivity index (χ1n) is 10.6. The summed E-state index contributed by atoms with van der Waals surface area (Å²) < 4.78 is 0. The fraction of sp³-hybridized carbons (Fsp3) is 0. The van der Waals surface area contributed by atoms with Crippen molar-refractivity contribution in [2.24, 2.45) is 20.0 Å². The molecule has 0 unspecified atom stereocenters. The molecular formula is C28H14N4O4S. The average Bonchev–Trinajstić information content (AvgIpc) is 2.92. The van der Waals surface area contributed by atoms with Crippen LogP contribution in [0, 0.1) is 0 Å². The fourth-order valence-electron chi connectivity index (χ4n) is 3.69. The van der Waals surface area contributed by atoms with Crippen molar-refractivity contribution in [3.8, 4) is 22.3 Å². The standard InChI is InChI=1S/C28H14N4O4S/c33-15-29-19-9-11-27(23(13-19)21-5-1-3-7-25(21)31-17-35)37-28-12-10-20(30-16-34)14-24(28)22-6-2-4-8-26(22)32-18-36/h1-14H. The van der Waals surface area contributed by atoms with Gasteiger partial charge in [0.2, 0.25) is 24.3 Å². The lowest BCUT2D eigenvalue weighted by Crippen LogP contribution is -1.87. The highest BCUT2D eigenvalue weighted by Gasteiger charge is 2.16. The molecule has 4 aromatic carbocycles. The molecule has 0 aromatic heterocycles. The van der Waals surface area contributed by atoms with Crippen LogP contribution >= 0.6 is 11.8 Å². The minimum atomic E-state index is 0.376. The van der Waals surface area contributed by atoms with Gasteiger partial charge in [-0.2, -0.15) is 20.0 Å². The van der Waals surface area contributed by atoms with Crippen LogP contribution in [-0.4, -0.2) is 24.3 Å². The maximum Gasteiger partial charge on any atom is 0.240 e. The molecule has 37 heavy (non-hydrogen) atoms. The highest BCUT2D eigenvalue weighted by atomic mass is 32.2. The Bertz CT molecular complexity index is 1570. The topological polar surface area (TPSA) is 118 Å². The predicted molar refractivity (Wildman–Crippen MR) is 139 cm³/mol. The number of para-hydroxylation sites is 2. The van der Waals surface area contributed by atoms with E-state index in [1.54, 1.807) is 97.1 Å². The summed E-state index contributed by atoms with van der Waals surface area (Å²) in [4.78, 5) is 60.5. The summed E-state index contributed by atoms with van der Waals surface area (Å²) in [6.07, 6.45) is 6.21.